The average Bonchev–Trinajstić information content (AvgIpc) is 2.15. The number of carbonyl (C=O) groups is 2. The molecule has 1 fully saturated rings. The summed E-state index contributed by atoms with van der Waals surface area (Å²) in [5.41, 5.74) is 0. The van der Waals surface area contributed by atoms with Crippen LogP contribution in [-0.2, 0) is 24.3 Å². The van der Waals surface area contributed by atoms with Gasteiger partial charge >= 0.3 is 11.9 Å². The third-order valence-electron chi connectivity index (χ3n) is 2.35. The number of carbonyl (C=O) groups excluding carboxylic acids is 2. The lowest BCUT2D eigenvalue weighted by molar-refractivity contribution is -0.161. The Labute approximate surface area is 93.4 Å². The highest BCUT2D eigenvalue weighted by Gasteiger charge is 2.34. The number of hydrogen-bond acceptors (Lipinski definition) is 6. The molecule has 8 heteroatoms. The third kappa shape index (κ3) is 3.54. The van der Waals surface area contributed by atoms with E-state index in [0.29, 0.717) is 0 Å². The minimum absolute atomic E-state index is 0.0813. The second kappa shape index (κ2) is 4.89. The molecule has 2 unspecified atom stereocenters. The van der Waals surface area contributed by atoms with Crippen molar-refractivity contribution >= 4 is 22.0 Å². The molecule has 16 heavy (non-hydrogen) atoms. The fourth-order valence-electron chi connectivity index (χ4n) is 1.56. The van der Waals surface area contributed by atoms with Crippen LogP contribution in [0.3, 0.4) is 0 Å². The van der Waals surface area contributed by atoms with E-state index in [1.54, 1.807) is 0 Å². The highest BCUT2D eigenvalue weighted by molar-refractivity contribution is 7.89. The van der Waals surface area contributed by atoms with E-state index in [9.17, 15) is 18.0 Å². The SMILES string of the molecule is CC(=O)OC(=O)C1CNCC(S(N)(=O)=O)C1. The van der Waals surface area contributed by atoms with Gasteiger partial charge < -0.3 is 10.1 Å². The van der Waals surface area contributed by atoms with Crippen molar-refractivity contribution in [3.8, 4) is 0 Å². The number of rotatable bonds is 2. The summed E-state index contributed by atoms with van der Waals surface area (Å²) in [6.45, 7) is 1.62. The standard InChI is InChI=1S/C8H14N2O5S/c1-5(11)15-8(12)6-2-7(4-10-3-6)16(9,13)14/h6-7,10H,2-4H2,1H3,(H2,9,13,14). The smallest absolute Gasteiger partial charge is 0.317 e. The fraction of sp³-hybridized carbons (Fsp3) is 0.750. The van der Waals surface area contributed by atoms with Crippen LogP contribution in [0.1, 0.15) is 13.3 Å². The number of nitrogens with two attached hydrogens (primary N) is 1. The first-order valence-corrected chi connectivity index (χ1v) is 6.36. The molecule has 0 bridgehead atoms. The van der Waals surface area contributed by atoms with E-state index >= 15 is 0 Å². The van der Waals surface area contributed by atoms with Gasteiger partial charge in [0.25, 0.3) is 0 Å². The first kappa shape index (κ1) is 13.1. The maximum absolute atomic E-state index is 11.4. The van der Waals surface area contributed by atoms with Crippen LogP contribution in [0.2, 0.25) is 0 Å². The van der Waals surface area contributed by atoms with E-state index in [-0.39, 0.29) is 19.5 Å². The van der Waals surface area contributed by atoms with Gasteiger partial charge in [-0.15, -0.1) is 0 Å². The van der Waals surface area contributed by atoms with Crippen LogP contribution in [-0.4, -0.2) is 38.7 Å². The molecular weight excluding hydrogens is 236 g/mol. The molecule has 1 saturated heterocycles. The van der Waals surface area contributed by atoms with Crippen LogP contribution in [0.4, 0.5) is 0 Å². The van der Waals surface area contributed by atoms with Gasteiger partial charge in [-0.25, -0.2) is 13.6 Å². The Bertz CT molecular complexity index is 391. The monoisotopic (exact) mass is 250 g/mol. The molecule has 0 spiro atoms. The lowest BCUT2D eigenvalue weighted by atomic mass is 10.00. The molecule has 0 aliphatic carbocycles. The highest BCUT2D eigenvalue weighted by atomic mass is 32.2. The first-order valence-electron chi connectivity index (χ1n) is 4.75. The number of esters is 2. The van der Waals surface area contributed by atoms with Gasteiger partial charge in [0.15, 0.2) is 0 Å². The Kier molecular flexibility index (Phi) is 4.00. The molecule has 0 saturated carbocycles. The Morgan fingerprint density at radius 2 is 2.00 bits per heavy atom. The Morgan fingerprint density at radius 1 is 1.38 bits per heavy atom. The number of primary sulfonamides is 1. The van der Waals surface area contributed by atoms with Crippen molar-refractivity contribution in [3.63, 3.8) is 0 Å². The zero-order valence-corrected chi connectivity index (χ0v) is 9.62. The molecule has 0 aromatic rings. The summed E-state index contributed by atoms with van der Waals surface area (Å²) in [6.07, 6.45) is 0.0813. The summed E-state index contributed by atoms with van der Waals surface area (Å²) < 4.78 is 26.6. The summed E-state index contributed by atoms with van der Waals surface area (Å²) in [5, 5.41) is 6.95. The van der Waals surface area contributed by atoms with Crippen LogP contribution in [0.15, 0.2) is 0 Å². The van der Waals surface area contributed by atoms with Crippen LogP contribution in [0, 0.1) is 5.92 Å². The van der Waals surface area contributed by atoms with E-state index in [2.05, 4.69) is 10.1 Å². The van der Waals surface area contributed by atoms with Gasteiger partial charge in [0.1, 0.15) is 0 Å². The summed E-state index contributed by atoms with van der Waals surface area (Å²) in [5.74, 6) is -2.07. The number of sulfonamides is 1. The predicted molar refractivity (Wildman–Crippen MR) is 54.6 cm³/mol. The molecule has 0 amide bonds. The van der Waals surface area contributed by atoms with Crippen molar-refractivity contribution in [2.45, 2.75) is 18.6 Å². The summed E-state index contributed by atoms with van der Waals surface area (Å²) >= 11 is 0. The maximum atomic E-state index is 11.4. The lowest BCUT2D eigenvalue weighted by Crippen LogP contribution is -2.48. The fourth-order valence-corrected chi connectivity index (χ4v) is 2.41. The molecule has 1 aliphatic rings. The number of ether oxygens (including phenoxy) is 1. The van der Waals surface area contributed by atoms with E-state index in [1.807, 2.05) is 0 Å². The topological polar surface area (TPSA) is 116 Å². The van der Waals surface area contributed by atoms with Gasteiger partial charge in [-0.05, 0) is 6.42 Å². The largest absolute Gasteiger partial charge is 0.393 e. The molecule has 1 aliphatic heterocycles. The van der Waals surface area contributed by atoms with Crippen molar-refractivity contribution in [1.82, 2.24) is 5.32 Å². The number of nitrogens with one attached hydrogen (secondary N) is 1. The van der Waals surface area contributed by atoms with Crippen LogP contribution < -0.4 is 10.5 Å². The van der Waals surface area contributed by atoms with Gasteiger partial charge in [-0.1, -0.05) is 0 Å². The summed E-state index contributed by atoms with van der Waals surface area (Å²) in [7, 11) is -3.68. The maximum Gasteiger partial charge on any atom is 0.317 e. The molecule has 0 aromatic carbocycles. The van der Waals surface area contributed by atoms with Gasteiger partial charge in [0.2, 0.25) is 10.0 Å². The normalized spacial score (nSPS) is 26.1. The predicted octanol–water partition coefficient (Wildman–Crippen LogP) is -1.66. The number of piperidine rings is 1. The molecule has 0 radical (unpaired) electrons. The second-order valence-electron chi connectivity index (χ2n) is 3.71. The molecule has 1 rings (SSSR count). The zero-order valence-electron chi connectivity index (χ0n) is 8.80. The van der Waals surface area contributed by atoms with Crippen molar-refractivity contribution in [2.75, 3.05) is 13.1 Å². The van der Waals surface area contributed by atoms with Crippen LogP contribution in [0.25, 0.3) is 0 Å². The Morgan fingerprint density at radius 3 is 2.50 bits per heavy atom. The van der Waals surface area contributed by atoms with Gasteiger partial charge in [0.05, 0.1) is 11.2 Å². The van der Waals surface area contributed by atoms with E-state index in [1.165, 1.54) is 0 Å². The minimum Gasteiger partial charge on any atom is -0.393 e. The van der Waals surface area contributed by atoms with E-state index in [0.717, 1.165) is 6.92 Å². The van der Waals surface area contributed by atoms with Gasteiger partial charge in [-0.3, -0.25) is 9.59 Å². The third-order valence-corrected chi connectivity index (χ3v) is 3.64. The van der Waals surface area contributed by atoms with Crippen molar-refractivity contribution < 1.29 is 22.7 Å². The Balaban J connectivity index is 2.64. The second-order valence-corrected chi connectivity index (χ2v) is 5.56. The molecule has 92 valence electrons. The molecular formula is C8H14N2O5S. The molecule has 7 nitrogen and oxygen atoms in total. The van der Waals surface area contributed by atoms with Gasteiger partial charge in [0, 0.05) is 20.0 Å². The van der Waals surface area contributed by atoms with Crippen molar-refractivity contribution in [2.24, 2.45) is 11.1 Å². The van der Waals surface area contributed by atoms with Crippen molar-refractivity contribution in [3.05, 3.63) is 0 Å². The molecule has 3 N–H and O–H groups in total. The minimum atomic E-state index is -3.68. The molecule has 2 atom stereocenters. The van der Waals surface area contributed by atoms with Crippen LogP contribution >= 0.6 is 0 Å². The Hall–Kier alpha value is -0.990. The van der Waals surface area contributed by atoms with Crippen molar-refractivity contribution in [1.29, 1.82) is 0 Å². The summed E-state index contributed by atoms with van der Waals surface area (Å²) in [4.78, 5) is 21.9. The first-order chi connectivity index (χ1) is 7.30. The van der Waals surface area contributed by atoms with Crippen LogP contribution in [0.5, 0.6) is 0 Å². The molecule has 1 heterocycles. The average molecular weight is 250 g/mol. The number of hydrogen-bond donors (Lipinski definition) is 2. The van der Waals surface area contributed by atoms with E-state index in [4.69, 9.17) is 5.14 Å². The summed E-state index contributed by atoms with van der Waals surface area (Å²) in [6, 6.07) is 0. The lowest BCUT2D eigenvalue weighted by Gasteiger charge is -2.26. The molecule has 0 aromatic heterocycles. The quantitative estimate of drug-likeness (QED) is 0.448. The highest BCUT2D eigenvalue weighted by Crippen LogP contribution is 2.16. The van der Waals surface area contributed by atoms with Gasteiger partial charge in [-0.2, -0.15) is 0 Å². The van der Waals surface area contributed by atoms with E-state index < -0.39 is 33.1 Å². The zero-order chi connectivity index (χ0) is 12.3.